The minimum absolute atomic E-state index is 0. The predicted octanol–water partition coefficient (Wildman–Crippen LogP) is 2.70. The van der Waals surface area contributed by atoms with E-state index in [0.29, 0.717) is 12.1 Å². The van der Waals surface area contributed by atoms with E-state index in [2.05, 4.69) is 20.6 Å². The SMILES string of the molecule is CCNC(=NCc1ccc(C)c(F)c1)NCCn1ccnc1.I. The molecule has 0 spiro atoms. The van der Waals surface area contributed by atoms with Crippen LogP contribution in [0.4, 0.5) is 4.39 Å². The highest BCUT2D eigenvalue weighted by Crippen LogP contribution is 2.09. The van der Waals surface area contributed by atoms with Gasteiger partial charge in [-0.25, -0.2) is 14.4 Å². The van der Waals surface area contributed by atoms with Crippen LogP contribution in [0.5, 0.6) is 0 Å². The third-order valence-corrected chi connectivity index (χ3v) is 3.22. The van der Waals surface area contributed by atoms with E-state index >= 15 is 0 Å². The molecule has 1 aromatic carbocycles. The van der Waals surface area contributed by atoms with Crippen molar-refractivity contribution in [2.75, 3.05) is 13.1 Å². The van der Waals surface area contributed by atoms with Gasteiger partial charge in [0.15, 0.2) is 5.96 Å². The van der Waals surface area contributed by atoms with Gasteiger partial charge in [0.2, 0.25) is 0 Å². The van der Waals surface area contributed by atoms with Crippen LogP contribution in [0.15, 0.2) is 41.9 Å². The monoisotopic (exact) mass is 431 g/mol. The number of halogens is 2. The topological polar surface area (TPSA) is 54.2 Å². The summed E-state index contributed by atoms with van der Waals surface area (Å²) in [5.74, 6) is 0.536. The molecule has 23 heavy (non-hydrogen) atoms. The van der Waals surface area contributed by atoms with Gasteiger partial charge in [0.05, 0.1) is 12.9 Å². The molecule has 0 amide bonds. The van der Waals surface area contributed by atoms with E-state index in [1.54, 1.807) is 25.5 Å². The molecule has 0 aliphatic carbocycles. The summed E-state index contributed by atoms with van der Waals surface area (Å²) in [6.07, 6.45) is 5.45. The van der Waals surface area contributed by atoms with Crippen molar-refractivity contribution in [3.8, 4) is 0 Å². The second-order valence-corrected chi connectivity index (χ2v) is 5.01. The van der Waals surface area contributed by atoms with Crippen molar-refractivity contribution in [1.29, 1.82) is 0 Å². The molecule has 126 valence electrons. The molecule has 0 bridgehead atoms. The van der Waals surface area contributed by atoms with Crippen molar-refractivity contribution < 1.29 is 4.39 Å². The van der Waals surface area contributed by atoms with E-state index in [1.165, 1.54) is 6.07 Å². The lowest BCUT2D eigenvalue weighted by atomic mass is 10.1. The average Bonchev–Trinajstić information content (AvgIpc) is 3.01. The van der Waals surface area contributed by atoms with Gasteiger partial charge in [-0.05, 0) is 31.0 Å². The van der Waals surface area contributed by atoms with E-state index in [9.17, 15) is 4.39 Å². The fourth-order valence-corrected chi connectivity index (χ4v) is 1.97. The maximum atomic E-state index is 13.5. The Bertz CT molecular complexity index is 613. The van der Waals surface area contributed by atoms with E-state index in [-0.39, 0.29) is 29.8 Å². The van der Waals surface area contributed by atoms with Gasteiger partial charge in [-0.1, -0.05) is 12.1 Å². The zero-order valence-electron chi connectivity index (χ0n) is 13.4. The normalized spacial score (nSPS) is 11.0. The number of nitrogens with one attached hydrogen (secondary N) is 2. The van der Waals surface area contributed by atoms with Gasteiger partial charge in [-0.2, -0.15) is 0 Å². The Morgan fingerprint density at radius 2 is 2.17 bits per heavy atom. The van der Waals surface area contributed by atoms with E-state index in [4.69, 9.17) is 0 Å². The molecule has 0 aliphatic heterocycles. The molecule has 2 N–H and O–H groups in total. The van der Waals surface area contributed by atoms with E-state index in [1.807, 2.05) is 23.8 Å². The van der Waals surface area contributed by atoms with Gasteiger partial charge < -0.3 is 15.2 Å². The Morgan fingerprint density at radius 3 is 2.83 bits per heavy atom. The molecule has 0 saturated carbocycles. The van der Waals surface area contributed by atoms with Crippen LogP contribution in [0.2, 0.25) is 0 Å². The standard InChI is InChI=1S/C16H22FN5.HI/c1-3-19-16(20-7-9-22-8-6-18-12-22)21-11-14-5-4-13(2)15(17)10-14;/h4-6,8,10,12H,3,7,9,11H2,1-2H3,(H2,19,20,21);1H. The van der Waals surface area contributed by atoms with Crippen LogP contribution in [-0.4, -0.2) is 28.6 Å². The highest BCUT2D eigenvalue weighted by Gasteiger charge is 2.01. The summed E-state index contributed by atoms with van der Waals surface area (Å²) in [5.41, 5.74) is 1.51. The fraction of sp³-hybridized carbons (Fsp3) is 0.375. The molecule has 7 heteroatoms. The van der Waals surface area contributed by atoms with Crippen LogP contribution in [0, 0.1) is 12.7 Å². The second kappa shape index (κ2) is 10.2. The van der Waals surface area contributed by atoms with Crippen LogP contribution >= 0.6 is 24.0 Å². The number of aliphatic imine (C=N–C) groups is 1. The van der Waals surface area contributed by atoms with Crippen LogP contribution in [0.1, 0.15) is 18.1 Å². The zero-order valence-corrected chi connectivity index (χ0v) is 15.8. The number of nitrogens with zero attached hydrogens (tertiary/aromatic N) is 3. The number of rotatable bonds is 6. The summed E-state index contributed by atoms with van der Waals surface area (Å²) in [7, 11) is 0. The lowest BCUT2D eigenvalue weighted by Crippen LogP contribution is -2.38. The molecule has 0 unspecified atom stereocenters. The number of benzene rings is 1. The Labute approximate surface area is 153 Å². The highest BCUT2D eigenvalue weighted by molar-refractivity contribution is 14.0. The molecule has 2 aromatic rings. The molecule has 1 aromatic heterocycles. The highest BCUT2D eigenvalue weighted by atomic mass is 127. The number of guanidine groups is 1. The van der Waals surface area contributed by atoms with Crippen LogP contribution in [-0.2, 0) is 13.1 Å². The van der Waals surface area contributed by atoms with Gasteiger partial charge in [-0.3, -0.25) is 0 Å². The zero-order chi connectivity index (χ0) is 15.8. The Kier molecular flexibility index (Phi) is 8.60. The Morgan fingerprint density at radius 1 is 1.35 bits per heavy atom. The summed E-state index contributed by atoms with van der Waals surface area (Å²) in [5, 5.41) is 6.43. The van der Waals surface area contributed by atoms with Crippen molar-refractivity contribution >= 4 is 29.9 Å². The lowest BCUT2D eigenvalue weighted by Gasteiger charge is -2.11. The summed E-state index contributed by atoms with van der Waals surface area (Å²) in [4.78, 5) is 8.48. The van der Waals surface area contributed by atoms with Crippen molar-refractivity contribution in [2.45, 2.75) is 26.9 Å². The van der Waals surface area contributed by atoms with Crippen molar-refractivity contribution in [3.05, 3.63) is 53.9 Å². The van der Waals surface area contributed by atoms with Gasteiger partial charge in [0, 0.05) is 32.0 Å². The predicted molar refractivity (Wildman–Crippen MR) is 102 cm³/mol. The first-order chi connectivity index (χ1) is 10.7. The van der Waals surface area contributed by atoms with Crippen LogP contribution < -0.4 is 10.6 Å². The molecule has 1 heterocycles. The van der Waals surface area contributed by atoms with Crippen molar-refractivity contribution in [1.82, 2.24) is 20.2 Å². The smallest absolute Gasteiger partial charge is 0.191 e. The maximum absolute atomic E-state index is 13.5. The second-order valence-electron chi connectivity index (χ2n) is 5.01. The molecule has 0 aliphatic rings. The lowest BCUT2D eigenvalue weighted by molar-refractivity contribution is 0.616. The Hall–Kier alpha value is -1.64. The quantitative estimate of drug-likeness (QED) is 0.420. The summed E-state index contributed by atoms with van der Waals surface area (Å²) < 4.78 is 15.5. The number of hydrogen-bond acceptors (Lipinski definition) is 2. The average molecular weight is 431 g/mol. The third-order valence-electron chi connectivity index (χ3n) is 3.22. The first-order valence-electron chi connectivity index (χ1n) is 7.42. The maximum Gasteiger partial charge on any atom is 0.191 e. The molecular formula is C16H23FIN5. The molecule has 0 atom stereocenters. The van der Waals surface area contributed by atoms with Gasteiger partial charge in [-0.15, -0.1) is 24.0 Å². The van der Waals surface area contributed by atoms with Crippen LogP contribution in [0.25, 0.3) is 0 Å². The largest absolute Gasteiger partial charge is 0.357 e. The van der Waals surface area contributed by atoms with Crippen LogP contribution in [0.3, 0.4) is 0 Å². The fourth-order valence-electron chi connectivity index (χ4n) is 1.97. The number of hydrogen-bond donors (Lipinski definition) is 2. The number of aryl methyl sites for hydroxylation is 1. The number of imidazole rings is 1. The van der Waals surface area contributed by atoms with Gasteiger partial charge in [0.1, 0.15) is 5.82 Å². The number of aromatic nitrogens is 2. The van der Waals surface area contributed by atoms with Gasteiger partial charge in [0.25, 0.3) is 0 Å². The molecule has 5 nitrogen and oxygen atoms in total. The summed E-state index contributed by atoms with van der Waals surface area (Å²) in [6, 6.07) is 5.21. The van der Waals surface area contributed by atoms with Crippen molar-refractivity contribution in [3.63, 3.8) is 0 Å². The molecule has 0 radical (unpaired) electrons. The first kappa shape index (κ1) is 19.4. The van der Waals surface area contributed by atoms with E-state index in [0.717, 1.165) is 31.2 Å². The van der Waals surface area contributed by atoms with E-state index < -0.39 is 0 Å². The Balaban J connectivity index is 0.00000264. The third kappa shape index (κ3) is 6.55. The molecule has 0 saturated heterocycles. The van der Waals surface area contributed by atoms with Crippen molar-refractivity contribution in [2.24, 2.45) is 4.99 Å². The summed E-state index contributed by atoms with van der Waals surface area (Å²) >= 11 is 0. The molecule has 2 rings (SSSR count). The first-order valence-corrected chi connectivity index (χ1v) is 7.42. The van der Waals surface area contributed by atoms with Gasteiger partial charge >= 0.3 is 0 Å². The minimum Gasteiger partial charge on any atom is -0.357 e. The molecule has 0 fully saturated rings. The summed E-state index contributed by atoms with van der Waals surface area (Å²) in [6.45, 7) is 6.54. The molecular weight excluding hydrogens is 408 g/mol. The minimum atomic E-state index is -0.189.